The van der Waals surface area contributed by atoms with Crippen LogP contribution in [0, 0.1) is 6.92 Å². The van der Waals surface area contributed by atoms with Gasteiger partial charge in [0.2, 0.25) is 0 Å². The molecule has 2 aromatic rings. The lowest BCUT2D eigenvalue weighted by Crippen LogP contribution is -2.03. The van der Waals surface area contributed by atoms with Crippen LogP contribution < -0.4 is 11.1 Å². The first-order chi connectivity index (χ1) is 8.16. The van der Waals surface area contributed by atoms with Crippen LogP contribution in [0.4, 0.5) is 11.4 Å². The number of nitrogens with one attached hydrogen (secondary N) is 1. The summed E-state index contributed by atoms with van der Waals surface area (Å²) < 4.78 is 0. The molecule has 3 heteroatoms. The van der Waals surface area contributed by atoms with E-state index in [1.807, 2.05) is 37.3 Å². The van der Waals surface area contributed by atoms with Gasteiger partial charge in [-0.2, -0.15) is 0 Å². The van der Waals surface area contributed by atoms with Crippen molar-refractivity contribution in [1.82, 2.24) is 0 Å². The van der Waals surface area contributed by atoms with E-state index >= 15 is 0 Å². The second-order valence-corrected chi connectivity index (χ2v) is 4.05. The number of phenols is 1. The summed E-state index contributed by atoms with van der Waals surface area (Å²) in [5.74, 6) is 0.285. The maximum atomic E-state index is 9.32. The average molecular weight is 228 g/mol. The number of aryl methyl sites for hydroxylation is 1. The third kappa shape index (κ3) is 2.69. The van der Waals surface area contributed by atoms with Gasteiger partial charge in [-0.25, -0.2) is 0 Å². The van der Waals surface area contributed by atoms with E-state index < -0.39 is 0 Å². The highest BCUT2D eigenvalue weighted by Crippen LogP contribution is 2.21. The number of hydrogen-bond donors (Lipinski definition) is 3. The fourth-order valence-electron chi connectivity index (χ4n) is 1.73. The Hall–Kier alpha value is -2.16. The smallest absolute Gasteiger partial charge is 0.115 e. The lowest BCUT2D eigenvalue weighted by Gasteiger charge is -2.11. The van der Waals surface area contributed by atoms with Crippen molar-refractivity contribution in [1.29, 1.82) is 0 Å². The van der Waals surface area contributed by atoms with E-state index in [4.69, 9.17) is 5.73 Å². The molecule has 0 fully saturated rings. The minimum Gasteiger partial charge on any atom is -0.508 e. The van der Waals surface area contributed by atoms with Gasteiger partial charge in [0, 0.05) is 17.9 Å². The fraction of sp³-hybridized carbons (Fsp3) is 0.143. The van der Waals surface area contributed by atoms with Crippen LogP contribution >= 0.6 is 0 Å². The number of aromatic hydroxyl groups is 1. The highest BCUT2D eigenvalue weighted by Gasteiger charge is 2.01. The van der Waals surface area contributed by atoms with Gasteiger partial charge in [0.25, 0.3) is 0 Å². The molecule has 17 heavy (non-hydrogen) atoms. The van der Waals surface area contributed by atoms with E-state index in [-0.39, 0.29) is 5.75 Å². The molecule has 0 aliphatic carbocycles. The Labute approximate surface area is 101 Å². The first-order valence-electron chi connectivity index (χ1n) is 5.53. The molecule has 2 aromatic carbocycles. The molecule has 0 aromatic heterocycles. The topological polar surface area (TPSA) is 58.3 Å². The number of anilines is 2. The number of rotatable bonds is 3. The SMILES string of the molecule is Cc1cc(O)ccc1NCc1ccccc1N. The van der Waals surface area contributed by atoms with E-state index in [1.54, 1.807) is 12.1 Å². The lowest BCUT2D eigenvalue weighted by atomic mass is 10.1. The van der Waals surface area contributed by atoms with Crippen molar-refractivity contribution in [3.8, 4) is 5.75 Å². The summed E-state index contributed by atoms with van der Waals surface area (Å²) in [6.07, 6.45) is 0. The molecular formula is C14H16N2O. The van der Waals surface area contributed by atoms with Gasteiger partial charge < -0.3 is 16.2 Å². The Kier molecular flexibility index (Phi) is 3.19. The zero-order valence-corrected chi connectivity index (χ0v) is 9.77. The van der Waals surface area contributed by atoms with Gasteiger partial charge in [0.1, 0.15) is 5.75 Å². The van der Waals surface area contributed by atoms with Crippen molar-refractivity contribution >= 4 is 11.4 Å². The van der Waals surface area contributed by atoms with E-state index in [2.05, 4.69) is 5.32 Å². The number of nitrogen functional groups attached to an aromatic ring is 1. The second kappa shape index (κ2) is 4.78. The quantitative estimate of drug-likeness (QED) is 0.559. The van der Waals surface area contributed by atoms with Crippen molar-refractivity contribution in [3.05, 3.63) is 53.6 Å². The van der Waals surface area contributed by atoms with Crippen LogP contribution in [0.25, 0.3) is 0 Å². The molecule has 0 aliphatic heterocycles. The van der Waals surface area contributed by atoms with Crippen LogP contribution in [0.1, 0.15) is 11.1 Å². The first-order valence-corrected chi connectivity index (χ1v) is 5.53. The molecule has 3 nitrogen and oxygen atoms in total. The summed E-state index contributed by atoms with van der Waals surface area (Å²) in [4.78, 5) is 0. The minimum absolute atomic E-state index is 0.285. The summed E-state index contributed by atoms with van der Waals surface area (Å²) in [6.45, 7) is 2.63. The molecule has 0 atom stereocenters. The average Bonchev–Trinajstić information content (AvgIpc) is 2.30. The molecule has 88 valence electrons. The third-order valence-corrected chi connectivity index (χ3v) is 2.73. The van der Waals surface area contributed by atoms with Gasteiger partial charge in [-0.15, -0.1) is 0 Å². The van der Waals surface area contributed by atoms with Crippen molar-refractivity contribution in [2.45, 2.75) is 13.5 Å². The second-order valence-electron chi connectivity index (χ2n) is 4.05. The summed E-state index contributed by atoms with van der Waals surface area (Å²) in [5, 5.41) is 12.6. The van der Waals surface area contributed by atoms with Crippen molar-refractivity contribution < 1.29 is 5.11 Å². The highest BCUT2D eigenvalue weighted by atomic mass is 16.3. The molecule has 0 radical (unpaired) electrons. The van der Waals surface area contributed by atoms with Gasteiger partial charge in [-0.05, 0) is 42.3 Å². The highest BCUT2D eigenvalue weighted by molar-refractivity contribution is 5.55. The molecule has 0 unspecified atom stereocenters. The fourth-order valence-corrected chi connectivity index (χ4v) is 1.73. The van der Waals surface area contributed by atoms with Gasteiger partial charge in [-0.1, -0.05) is 18.2 Å². The predicted octanol–water partition coefficient (Wildman–Crippen LogP) is 2.89. The molecule has 0 saturated heterocycles. The van der Waals surface area contributed by atoms with Crippen molar-refractivity contribution in [2.24, 2.45) is 0 Å². The first kappa shape index (κ1) is 11.3. The van der Waals surface area contributed by atoms with Crippen molar-refractivity contribution in [2.75, 3.05) is 11.1 Å². The molecule has 0 aliphatic rings. The largest absolute Gasteiger partial charge is 0.508 e. The zero-order valence-electron chi connectivity index (χ0n) is 9.77. The van der Waals surface area contributed by atoms with Gasteiger partial charge >= 0.3 is 0 Å². The van der Waals surface area contributed by atoms with Crippen molar-refractivity contribution in [3.63, 3.8) is 0 Å². The number of nitrogens with two attached hydrogens (primary N) is 1. The van der Waals surface area contributed by atoms with Crippen LogP contribution in [-0.2, 0) is 6.54 Å². The maximum absolute atomic E-state index is 9.32. The number of para-hydroxylation sites is 1. The zero-order chi connectivity index (χ0) is 12.3. The molecule has 2 rings (SSSR count). The van der Waals surface area contributed by atoms with Gasteiger partial charge in [0.15, 0.2) is 0 Å². The standard InChI is InChI=1S/C14H16N2O/c1-10-8-12(17)6-7-14(10)16-9-11-4-2-3-5-13(11)15/h2-8,16-17H,9,15H2,1H3. The Balaban J connectivity index is 2.10. The third-order valence-electron chi connectivity index (χ3n) is 2.73. The maximum Gasteiger partial charge on any atom is 0.115 e. The van der Waals surface area contributed by atoms with Gasteiger partial charge in [0.05, 0.1) is 0 Å². The molecule has 0 heterocycles. The molecule has 4 N–H and O–H groups in total. The lowest BCUT2D eigenvalue weighted by molar-refractivity contribution is 0.475. The summed E-state index contributed by atoms with van der Waals surface area (Å²) in [6, 6.07) is 13.0. The number of hydrogen-bond acceptors (Lipinski definition) is 3. The summed E-state index contributed by atoms with van der Waals surface area (Å²) >= 11 is 0. The Morgan fingerprint density at radius 1 is 1.18 bits per heavy atom. The molecular weight excluding hydrogens is 212 g/mol. The number of benzene rings is 2. The summed E-state index contributed by atoms with van der Waals surface area (Å²) in [5.41, 5.74) is 9.74. The van der Waals surface area contributed by atoms with Gasteiger partial charge in [-0.3, -0.25) is 0 Å². The van der Waals surface area contributed by atoms with E-state index in [1.165, 1.54) is 0 Å². The Bertz CT molecular complexity index is 523. The Morgan fingerprint density at radius 2 is 1.94 bits per heavy atom. The predicted molar refractivity (Wildman–Crippen MR) is 71.0 cm³/mol. The van der Waals surface area contributed by atoms with Crippen LogP contribution in [0.15, 0.2) is 42.5 Å². The Morgan fingerprint density at radius 3 is 2.65 bits per heavy atom. The normalized spacial score (nSPS) is 10.2. The minimum atomic E-state index is 0.285. The molecule has 0 amide bonds. The van der Waals surface area contributed by atoms with Crippen LogP contribution in [0.3, 0.4) is 0 Å². The molecule has 0 saturated carbocycles. The van der Waals surface area contributed by atoms with E-state index in [9.17, 15) is 5.11 Å². The van der Waals surface area contributed by atoms with Crippen LogP contribution in [0.5, 0.6) is 5.75 Å². The van der Waals surface area contributed by atoms with E-state index in [0.29, 0.717) is 6.54 Å². The van der Waals surface area contributed by atoms with Crippen LogP contribution in [-0.4, -0.2) is 5.11 Å². The summed E-state index contributed by atoms with van der Waals surface area (Å²) in [7, 11) is 0. The monoisotopic (exact) mass is 228 g/mol. The molecule has 0 spiro atoms. The van der Waals surface area contributed by atoms with Crippen LogP contribution in [0.2, 0.25) is 0 Å². The van der Waals surface area contributed by atoms with E-state index in [0.717, 1.165) is 22.5 Å². The molecule has 0 bridgehead atoms. The number of phenolic OH excluding ortho intramolecular Hbond substituents is 1.